The van der Waals surface area contributed by atoms with Gasteiger partial charge in [-0.1, -0.05) is 285 Å². The number of furan rings is 2. The Morgan fingerprint density at radius 3 is 0.830 bits per heavy atom. The van der Waals surface area contributed by atoms with Crippen molar-refractivity contribution in [3.63, 3.8) is 0 Å². The van der Waals surface area contributed by atoms with E-state index in [2.05, 4.69) is 255 Å². The molecule has 22 rings (SSSR count). The van der Waals surface area contributed by atoms with Gasteiger partial charge in [-0.15, -0.1) is 0 Å². The standard InChI is InChI=1S/2C49H29N3O/c1-3-13-30(14-4-1)43-29-44(52-49(51-43)31-15-5-2-6-16-31)32-24-26-42-41(27-32)48-46(39-21-11-12-22-45(39)53-48)47(50-42)33-23-25-38-36-19-8-7-17-34(36)35-18-9-10-20-37(35)40(38)28-33;1-3-13-30(14-4-1)43-29-44(31-15-5-2-6-16-31)52-49(51-43)33-24-26-42-41(28-33)48-46(39-21-11-12-22-45(39)53-48)47(50-42)32-23-25-38-36-19-8-7-17-34(36)35-18-9-10-20-37(35)40(38)27-32/h2*1-29H. The molecule has 22 aromatic rings. The molecular weight excluding hydrogens is 1290 g/mol. The fourth-order valence-electron chi connectivity index (χ4n) is 15.9. The lowest BCUT2D eigenvalue weighted by Crippen LogP contribution is -1.96. The molecule has 6 aromatic heterocycles. The molecule has 16 aromatic carbocycles. The number of nitrogens with zero attached hydrogens (tertiary/aromatic N) is 6. The molecule has 106 heavy (non-hydrogen) atoms. The summed E-state index contributed by atoms with van der Waals surface area (Å²) in [6.45, 7) is 0. The number of pyridine rings is 2. The molecule has 0 amide bonds. The van der Waals surface area contributed by atoms with Crippen LogP contribution in [0.1, 0.15) is 0 Å². The Bertz CT molecular complexity index is 6700. The number of aromatic nitrogens is 6. The van der Waals surface area contributed by atoms with E-state index in [0.717, 1.165) is 144 Å². The summed E-state index contributed by atoms with van der Waals surface area (Å²) in [5.74, 6) is 1.33. The normalized spacial score (nSPS) is 11.8. The maximum absolute atomic E-state index is 6.75. The van der Waals surface area contributed by atoms with Crippen molar-refractivity contribution < 1.29 is 8.83 Å². The Labute approximate surface area is 607 Å². The summed E-state index contributed by atoms with van der Waals surface area (Å²) in [5.41, 5.74) is 18.3. The zero-order valence-electron chi connectivity index (χ0n) is 57.0. The molecule has 0 spiro atoms. The smallest absolute Gasteiger partial charge is 0.160 e. The van der Waals surface area contributed by atoms with Gasteiger partial charge in [0.2, 0.25) is 0 Å². The van der Waals surface area contributed by atoms with Crippen LogP contribution in [0.2, 0.25) is 0 Å². The lowest BCUT2D eigenvalue weighted by atomic mass is 9.92. The van der Waals surface area contributed by atoms with Gasteiger partial charge in [0, 0.05) is 66.1 Å². The van der Waals surface area contributed by atoms with E-state index in [4.69, 9.17) is 38.7 Å². The van der Waals surface area contributed by atoms with Crippen molar-refractivity contribution in [2.24, 2.45) is 0 Å². The Balaban J connectivity index is 0.000000136. The average molecular weight is 1350 g/mol. The van der Waals surface area contributed by atoms with Gasteiger partial charge in [-0.05, 0) is 131 Å². The molecule has 0 N–H and O–H groups in total. The molecule has 0 aliphatic carbocycles. The van der Waals surface area contributed by atoms with Gasteiger partial charge in [-0.3, -0.25) is 0 Å². The van der Waals surface area contributed by atoms with Crippen LogP contribution in [-0.4, -0.2) is 29.9 Å². The molecular formula is C98H58N6O2. The van der Waals surface area contributed by atoms with E-state index in [1.54, 1.807) is 0 Å². The first-order valence-corrected chi connectivity index (χ1v) is 35.7. The van der Waals surface area contributed by atoms with Crippen LogP contribution in [0.4, 0.5) is 0 Å². The largest absolute Gasteiger partial charge is 0.455 e. The highest BCUT2D eigenvalue weighted by Gasteiger charge is 2.24. The van der Waals surface area contributed by atoms with Crippen LogP contribution in [0, 0.1) is 0 Å². The van der Waals surface area contributed by atoms with Crippen LogP contribution in [0.5, 0.6) is 0 Å². The maximum Gasteiger partial charge on any atom is 0.160 e. The van der Waals surface area contributed by atoms with E-state index in [-0.39, 0.29) is 0 Å². The second-order valence-electron chi connectivity index (χ2n) is 27.1. The SMILES string of the molecule is c1ccc(-c2cc(-c3ccc4nc(-c5ccc6c7ccccc7c7ccccc7c6c5)c5c6ccccc6oc5c4c3)nc(-c3ccccc3)n2)cc1.c1ccc(-c2cc(-c3ccccc3)nc(-c3ccc4nc(-c5ccc6c7ccccc7c7ccccc7c6c5)c5c6ccccc6oc5c4c3)n2)cc1. The molecule has 8 nitrogen and oxygen atoms in total. The van der Waals surface area contributed by atoms with Crippen LogP contribution < -0.4 is 0 Å². The van der Waals surface area contributed by atoms with Crippen molar-refractivity contribution in [2.45, 2.75) is 0 Å². The average Bonchev–Trinajstić information content (AvgIpc) is 1.43. The quantitative estimate of drug-likeness (QED) is 0.139. The summed E-state index contributed by atoms with van der Waals surface area (Å²) in [5, 5.41) is 20.8. The van der Waals surface area contributed by atoms with Crippen molar-refractivity contribution in [1.82, 2.24) is 29.9 Å². The molecule has 0 aliphatic heterocycles. The van der Waals surface area contributed by atoms with Crippen LogP contribution in [0.25, 0.3) is 221 Å². The first-order valence-electron chi connectivity index (χ1n) is 35.7. The van der Waals surface area contributed by atoms with Gasteiger partial charge in [0.1, 0.15) is 22.3 Å². The molecule has 0 atom stereocenters. The summed E-state index contributed by atoms with van der Waals surface area (Å²) < 4.78 is 13.5. The molecule has 0 aliphatic rings. The Morgan fingerprint density at radius 2 is 0.443 bits per heavy atom. The fourth-order valence-corrected chi connectivity index (χ4v) is 15.9. The summed E-state index contributed by atoms with van der Waals surface area (Å²) in [6.07, 6.45) is 0. The van der Waals surface area contributed by atoms with Crippen molar-refractivity contribution >= 4 is 130 Å². The number of benzene rings is 16. The first kappa shape index (κ1) is 60.4. The minimum atomic E-state index is 0.647. The summed E-state index contributed by atoms with van der Waals surface area (Å²) >= 11 is 0. The van der Waals surface area contributed by atoms with Crippen LogP contribution >= 0.6 is 0 Å². The van der Waals surface area contributed by atoms with Crippen LogP contribution in [-0.2, 0) is 0 Å². The van der Waals surface area contributed by atoms with E-state index < -0.39 is 0 Å². The van der Waals surface area contributed by atoms with Crippen molar-refractivity contribution in [3.8, 4) is 90.3 Å². The molecule has 0 unspecified atom stereocenters. The van der Waals surface area contributed by atoms with Gasteiger partial charge in [-0.25, -0.2) is 29.9 Å². The lowest BCUT2D eigenvalue weighted by molar-refractivity contribution is 0.672. The van der Waals surface area contributed by atoms with E-state index in [1.165, 1.54) is 64.6 Å². The molecule has 6 heterocycles. The Kier molecular flexibility index (Phi) is 14.1. The third-order valence-electron chi connectivity index (χ3n) is 20.9. The van der Waals surface area contributed by atoms with Gasteiger partial charge in [0.05, 0.1) is 56.0 Å². The van der Waals surface area contributed by atoms with Crippen LogP contribution in [0.15, 0.2) is 361 Å². The van der Waals surface area contributed by atoms with E-state index in [9.17, 15) is 0 Å². The monoisotopic (exact) mass is 1350 g/mol. The second kappa shape index (κ2) is 24.7. The highest BCUT2D eigenvalue weighted by molar-refractivity contribution is 6.29. The fraction of sp³-hybridized carbons (Fsp3) is 0. The Morgan fingerprint density at radius 1 is 0.170 bits per heavy atom. The number of rotatable bonds is 8. The molecule has 8 heteroatoms. The lowest BCUT2D eigenvalue weighted by Gasteiger charge is -2.13. The Hall–Kier alpha value is -14.3. The maximum atomic E-state index is 6.75. The first-order chi connectivity index (χ1) is 52.5. The van der Waals surface area contributed by atoms with E-state index in [0.29, 0.717) is 11.6 Å². The van der Waals surface area contributed by atoms with Gasteiger partial charge < -0.3 is 8.83 Å². The third-order valence-corrected chi connectivity index (χ3v) is 20.9. The minimum Gasteiger partial charge on any atom is -0.455 e. The number of fused-ring (bicyclic) bond motifs is 22. The third kappa shape index (κ3) is 10.1. The molecule has 492 valence electrons. The molecule has 0 radical (unpaired) electrons. The predicted octanol–water partition coefficient (Wildman–Crippen LogP) is 26.1. The van der Waals surface area contributed by atoms with Gasteiger partial charge in [-0.2, -0.15) is 0 Å². The van der Waals surface area contributed by atoms with Crippen LogP contribution in [0.3, 0.4) is 0 Å². The minimum absolute atomic E-state index is 0.647. The van der Waals surface area contributed by atoms with Gasteiger partial charge in [0.15, 0.2) is 11.6 Å². The highest BCUT2D eigenvalue weighted by atomic mass is 16.3. The number of hydrogen-bond acceptors (Lipinski definition) is 8. The van der Waals surface area contributed by atoms with Gasteiger partial charge >= 0.3 is 0 Å². The topological polar surface area (TPSA) is 104 Å². The van der Waals surface area contributed by atoms with E-state index >= 15 is 0 Å². The molecule has 0 saturated heterocycles. The molecule has 0 saturated carbocycles. The van der Waals surface area contributed by atoms with Gasteiger partial charge in [0.25, 0.3) is 0 Å². The van der Waals surface area contributed by atoms with Crippen molar-refractivity contribution in [1.29, 1.82) is 0 Å². The number of hydrogen-bond donors (Lipinski definition) is 0. The molecule has 0 fully saturated rings. The van der Waals surface area contributed by atoms with E-state index in [1.807, 2.05) is 97.1 Å². The zero-order chi connectivity index (χ0) is 69.8. The summed E-state index contributed by atoms with van der Waals surface area (Å²) in [7, 11) is 0. The second-order valence-corrected chi connectivity index (χ2v) is 27.1. The zero-order valence-corrected chi connectivity index (χ0v) is 57.0. The summed E-state index contributed by atoms with van der Waals surface area (Å²) in [6, 6.07) is 123. The highest BCUT2D eigenvalue weighted by Crippen LogP contribution is 2.46. The molecule has 0 bridgehead atoms. The van der Waals surface area contributed by atoms with Crippen molar-refractivity contribution in [2.75, 3.05) is 0 Å². The summed E-state index contributed by atoms with van der Waals surface area (Å²) in [4.78, 5) is 31.2. The predicted molar refractivity (Wildman–Crippen MR) is 438 cm³/mol. The van der Waals surface area contributed by atoms with Crippen molar-refractivity contribution in [3.05, 3.63) is 352 Å². The number of para-hydroxylation sites is 2.